The predicted molar refractivity (Wildman–Crippen MR) is 104 cm³/mol. The van der Waals surface area contributed by atoms with E-state index in [4.69, 9.17) is 9.26 Å². The van der Waals surface area contributed by atoms with Crippen LogP contribution in [0.15, 0.2) is 40.1 Å². The quantitative estimate of drug-likeness (QED) is 0.787. The zero-order chi connectivity index (χ0) is 20.1. The number of ether oxygens (including phenoxy) is 1. The Morgan fingerprint density at radius 2 is 2.07 bits per heavy atom. The van der Waals surface area contributed by atoms with Gasteiger partial charge in [0.05, 0.1) is 12.5 Å². The second kappa shape index (κ2) is 6.87. The van der Waals surface area contributed by atoms with Gasteiger partial charge in [-0.05, 0) is 41.8 Å². The van der Waals surface area contributed by atoms with Gasteiger partial charge in [0.1, 0.15) is 11.3 Å². The van der Waals surface area contributed by atoms with Gasteiger partial charge in [-0.25, -0.2) is 0 Å². The van der Waals surface area contributed by atoms with Crippen LogP contribution in [0.3, 0.4) is 0 Å². The first kappa shape index (κ1) is 18.2. The van der Waals surface area contributed by atoms with Crippen LogP contribution in [0, 0.1) is 17.8 Å². The standard InChI is InChI=1S/C23H23NO5/c1-2-3-8-28-23-19-16(29-24-23)11-14-10-13-9-12-6-4-5-7-15(12)20(25)17(13)21(26)18(14)22(19)27/h4-7,13-14,18,26H,2-3,8-11H2,1H3. The van der Waals surface area contributed by atoms with Gasteiger partial charge in [-0.1, -0.05) is 37.6 Å². The second-order valence-electron chi connectivity index (χ2n) is 8.22. The lowest BCUT2D eigenvalue weighted by atomic mass is 9.63. The number of fused-ring (bicyclic) bond motifs is 4. The van der Waals surface area contributed by atoms with Crippen molar-refractivity contribution in [1.29, 1.82) is 0 Å². The molecule has 0 saturated carbocycles. The Hall–Kier alpha value is -2.89. The van der Waals surface area contributed by atoms with Gasteiger partial charge in [0.15, 0.2) is 17.3 Å². The van der Waals surface area contributed by atoms with E-state index < -0.39 is 5.92 Å². The summed E-state index contributed by atoms with van der Waals surface area (Å²) in [6.07, 6.45) is 3.71. The number of allylic oxidation sites excluding steroid dienone is 2. The number of aromatic nitrogens is 1. The molecular formula is C23H23NO5. The molecular weight excluding hydrogens is 370 g/mol. The third-order valence-corrected chi connectivity index (χ3v) is 6.45. The van der Waals surface area contributed by atoms with Gasteiger partial charge in [0, 0.05) is 17.6 Å². The zero-order valence-corrected chi connectivity index (χ0v) is 16.3. The highest BCUT2D eigenvalue weighted by molar-refractivity contribution is 6.13. The Morgan fingerprint density at radius 1 is 1.24 bits per heavy atom. The molecule has 3 unspecified atom stereocenters. The molecule has 6 heteroatoms. The lowest BCUT2D eigenvalue weighted by Gasteiger charge is -2.40. The van der Waals surface area contributed by atoms with Gasteiger partial charge in [-0.2, -0.15) is 0 Å². The fraction of sp³-hybridized carbons (Fsp3) is 0.435. The van der Waals surface area contributed by atoms with E-state index in [0.29, 0.717) is 48.3 Å². The number of rotatable bonds is 4. The molecule has 0 radical (unpaired) electrons. The van der Waals surface area contributed by atoms with E-state index in [1.165, 1.54) is 0 Å². The Labute approximate surface area is 168 Å². The zero-order valence-electron chi connectivity index (χ0n) is 16.3. The largest absolute Gasteiger partial charge is 0.511 e. The normalized spacial score (nSPS) is 25.2. The monoisotopic (exact) mass is 393 g/mol. The molecule has 0 amide bonds. The van der Waals surface area contributed by atoms with Crippen LogP contribution in [-0.4, -0.2) is 28.4 Å². The van der Waals surface area contributed by atoms with Gasteiger partial charge < -0.3 is 14.4 Å². The first-order valence-electron chi connectivity index (χ1n) is 10.3. The number of hydrogen-bond donors (Lipinski definition) is 1. The molecule has 0 spiro atoms. The molecule has 1 N–H and O–H groups in total. The molecule has 0 saturated heterocycles. The number of Topliss-reactive ketones (excluding diaryl/α,β-unsaturated/α-hetero) is 2. The molecule has 2 aromatic rings. The molecule has 1 aromatic carbocycles. The third kappa shape index (κ3) is 2.73. The van der Waals surface area contributed by atoms with Crippen LogP contribution in [0.2, 0.25) is 0 Å². The van der Waals surface area contributed by atoms with E-state index >= 15 is 0 Å². The minimum absolute atomic E-state index is 0.0675. The van der Waals surface area contributed by atoms with Crippen LogP contribution in [-0.2, 0) is 12.8 Å². The summed E-state index contributed by atoms with van der Waals surface area (Å²) in [4.78, 5) is 26.4. The summed E-state index contributed by atoms with van der Waals surface area (Å²) in [5.41, 5.74) is 2.37. The molecule has 5 rings (SSSR count). The number of ketones is 2. The highest BCUT2D eigenvalue weighted by Gasteiger charge is 2.50. The van der Waals surface area contributed by atoms with Crippen molar-refractivity contribution in [3.8, 4) is 5.88 Å². The minimum Gasteiger partial charge on any atom is -0.511 e. The highest BCUT2D eigenvalue weighted by Crippen LogP contribution is 2.49. The van der Waals surface area contributed by atoms with Crippen molar-refractivity contribution in [1.82, 2.24) is 5.16 Å². The summed E-state index contributed by atoms with van der Waals surface area (Å²) in [5.74, 6) is -0.638. The van der Waals surface area contributed by atoms with Crippen LogP contribution < -0.4 is 4.74 Å². The van der Waals surface area contributed by atoms with Crippen LogP contribution in [0.5, 0.6) is 5.88 Å². The molecule has 1 aromatic heterocycles. The van der Waals surface area contributed by atoms with Crippen molar-refractivity contribution in [2.24, 2.45) is 17.8 Å². The molecule has 0 fully saturated rings. The van der Waals surface area contributed by atoms with E-state index in [1.807, 2.05) is 18.2 Å². The van der Waals surface area contributed by atoms with Gasteiger partial charge in [-0.15, -0.1) is 0 Å². The molecule has 29 heavy (non-hydrogen) atoms. The Bertz CT molecular complexity index is 1030. The van der Waals surface area contributed by atoms with Crippen molar-refractivity contribution < 1.29 is 24.0 Å². The summed E-state index contributed by atoms with van der Waals surface area (Å²) in [6, 6.07) is 7.51. The number of aliphatic hydroxyl groups excluding tert-OH is 1. The highest BCUT2D eigenvalue weighted by atomic mass is 16.5. The maximum atomic E-state index is 13.3. The summed E-state index contributed by atoms with van der Waals surface area (Å²) in [5, 5.41) is 15.0. The number of benzene rings is 1. The number of aliphatic hydroxyl groups is 1. The Balaban J connectivity index is 1.53. The average molecular weight is 393 g/mol. The number of hydrogen-bond acceptors (Lipinski definition) is 6. The maximum absolute atomic E-state index is 13.3. The average Bonchev–Trinajstić information content (AvgIpc) is 3.11. The molecule has 150 valence electrons. The van der Waals surface area contributed by atoms with Crippen molar-refractivity contribution in [2.45, 2.75) is 39.0 Å². The van der Waals surface area contributed by atoms with Crippen LogP contribution >= 0.6 is 0 Å². The molecule has 3 aliphatic rings. The second-order valence-corrected chi connectivity index (χ2v) is 8.22. The lowest BCUT2D eigenvalue weighted by Crippen LogP contribution is -2.41. The fourth-order valence-corrected chi connectivity index (χ4v) is 5.07. The van der Waals surface area contributed by atoms with Gasteiger partial charge in [0.25, 0.3) is 5.88 Å². The van der Waals surface area contributed by atoms with Gasteiger partial charge >= 0.3 is 0 Å². The minimum atomic E-state index is -0.726. The SMILES string of the molecule is CCCCOc1noc2c1C(=O)C1C(O)=C3C(=O)c4ccccc4CC3CC1C2. The maximum Gasteiger partial charge on any atom is 0.265 e. The summed E-state index contributed by atoms with van der Waals surface area (Å²) in [6.45, 7) is 2.51. The molecule has 0 aliphatic heterocycles. The smallest absolute Gasteiger partial charge is 0.265 e. The molecule has 1 heterocycles. The Kier molecular flexibility index (Phi) is 4.30. The fourth-order valence-electron chi connectivity index (χ4n) is 5.07. The molecule has 0 bridgehead atoms. The number of nitrogens with zero attached hydrogens (tertiary/aromatic N) is 1. The van der Waals surface area contributed by atoms with Crippen LogP contribution in [0.1, 0.15) is 58.2 Å². The summed E-state index contributed by atoms with van der Waals surface area (Å²) < 4.78 is 11.1. The first-order valence-corrected chi connectivity index (χ1v) is 10.3. The van der Waals surface area contributed by atoms with Crippen molar-refractivity contribution >= 4 is 11.6 Å². The third-order valence-electron chi connectivity index (χ3n) is 6.45. The summed E-state index contributed by atoms with van der Waals surface area (Å²) in [7, 11) is 0. The van der Waals surface area contributed by atoms with E-state index in [-0.39, 0.29) is 35.0 Å². The predicted octanol–water partition coefficient (Wildman–Crippen LogP) is 4.10. The molecule has 3 atom stereocenters. The van der Waals surface area contributed by atoms with E-state index in [1.54, 1.807) is 6.07 Å². The van der Waals surface area contributed by atoms with Gasteiger partial charge in [-0.3, -0.25) is 9.59 Å². The van der Waals surface area contributed by atoms with Gasteiger partial charge in [0.2, 0.25) is 0 Å². The van der Waals surface area contributed by atoms with E-state index in [2.05, 4.69) is 12.1 Å². The van der Waals surface area contributed by atoms with Crippen LogP contribution in [0.4, 0.5) is 0 Å². The number of carbonyl (C=O) groups excluding carboxylic acids is 2. The number of carbonyl (C=O) groups is 2. The van der Waals surface area contributed by atoms with E-state index in [0.717, 1.165) is 18.4 Å². The summed E-state index contributed by atoms with van der Waals surface area (Å²) >= 11 is 0. The van der Waals surface area contributed by atoms with Crippen molar-refractivity contribution in [3.63, 3.8) is 0 Å². The first-order chi connectivity index (χ1) is 14.1. The van der Waals surface area contributed by atoms with Crippen molar-refractivity contribution in [3.05, 3.63) is 58.0 Å². The molecule has 3 aliphatic carbocycles. The van der Waals surface area contributed by atoms with E-state index in [9.17, 15) is 14.7 Å². The topological polar surface area (TPSA) is 89.6 Å². The molecule has 6 nitrogen and oxygen atoms in total. The lowest BCUT2D eigenvalue weighted by molar-refractivity contribution is 0.0764. The Morgan fingerprint density at radius 3 is 2.90 bits per heavy atom. The van der Waals surface area contributed by atoms with Crippen LogP contribution in [0.25, 0.3) is 0 Å². The van der Waals surface area contributed by atoms with Crippen molar-refractivity contribution in [2.75, 3.05) is 6.61 Å². The number of unbranched alkanes of at least 4 members (excludes halogenated alkanes) is 1.